The average molecular weight is 431 g/mol. The number of rotatable bonds is 4. The zero-order valence-electron chi connectivity index (χ0n) is 12.1. The van der Waals surface area contributed by atoms with Crippen molar-refractivity contribution in [2.75, 3.05) is 6.61 Å². The van der Waals surface area contributed by atoms with E-state index in [9.17, 15) is 9.59 Å². The van der Waals surface area contributed by atoms with Gasteiger partial charge in [-0.25, -0.2) is 9.59 Å². The molecule has 0 spiro atoms. The molecule has 3 aromatic rings. The van der Waals surface area contributed by atoms with Crippen LogP contribution in [0.1, 0.15) is 0 Å². The highest BCUT2D eigenvalue weighted by atomic mass is 79.9. The molecule has 5 nitrogen and oxygen atoms in total. The second-order valence-electron chi connectivity index (χ2n) is 4.92. The number of fused-ring (bicyclic) bond motifs is 1. The lowest BCUT2D eigenvalue weighted by atomic mass is 10.2. The molecule has 0 unspecified atom stereocenters. The molecule has 0 aliphatic carbocycles. The number of benzene rings is 2. The van der Waals surface area contributed by atoms with Crippen molar-refractivity contribution in [3.8, 4) is 5.75 Å². The number of hydrogen-bond donors (Lipinski definition) is 0. The SMILES string of the molecule is O=c1oc(=O)n(CCOc2cc(Cl)cc(Cl)c2)c2ccc(Br)cc12. The smallest absolute Gasteiger partial charge is 0.422 e. The van der Waals surface area contributed by atoms with Gasteiger partial charge in [0.05, 0.1) is 17.4 Å². The third-order valence-corrected chi connectivity index (χ3v) is 4.22. The van der Waals surface area contributed by atoms with Gasteiger partial charge in [-0.1, -0.05) is 39.1 Å². The second-order valence-corrected chi connectivity index (χ2v) is 6.71. The maximum atomic E-state index is 12.0. The van der Waals surface area contributed by atoms with Crippen LogP contribution in [0.15, 0.2) is 54.9 Å². The van der Waals surface area contributed by atoms with Crippen molar-refractivity contribution in [1.29, 1.82) is 0 Å². The summed E-state index contributed by atoms with van der Waals surface area (Å²) >= 11 is 15.1. The number of aromatic nitrogens is 1. The first-order chi connectivity index (χ1) is 11.4. The number of hydrogen-bond acceptors (Lipinski definition) is 4. The summed E-state index contributed by atoms with van der Waals surface area (Å²) < 4.78 is 12.4. The van der Waals surface area contributed by atoms with Crippen molar-refractivity contribution in [1.82, 2.24) is 4.57 Å². The molecule has 1 heterocycles. The Kier molecular flexibility index (Phi) is 4.99. The van der Waals surface area contributed by atoms with Crippen LogP contribution in [0.5, 0.6) is 5.75 Å². The van der Waals surface area contributed by atoms with E-state index in [1.807, 2.05) is 0 Å². The molecule has 0 fully saturated rings. The summed E-state index contributed by atoms with van der Waals surface area (Å²) in [5.74, 6) is -0.243. The van der Waals surface area contributed by atoms with Crippen LogP contribution in [0, 0.1) is 0 Å². The third kappa shape index (κ3) is 3.66. The van der Waals surface area contributed by atoms with Crippen molar-refractivity contribution in [2.45, 2.75) is 6.54 Å². The van der Waals surface area contributed by atoms with Gasteiger partial charge in [0.15, 0.2) is 0 Å². The lowest BCUT2D eigenvalue weighted by Gasteiger charge is -2.10. The van der Waals surface area contributed by atoms with Crippen LogP contribution < -0.4 is 16.1 Å². The average Bonchev–Trinajstić information content (AvgIpc) is 2.50. The Bertz CT molecular complexity index is 1010. The minimum absolute atomic E-state index is 0.176. The maximum Gasteiger partial charge on any atom is 0.422 e. The lowest BCUT2D eigenvalue weighted by molar-refractivity contribution is 0.287. The summed E-state index contributed by atoms with van der Waals surface area (Å²) in [4.78, 5) is 23.8. The highest BCUT2D eigenvalue weighted by Crippen LogP contribution is 2.24. The summed E-state index contributed by atoms with van der Waals surface area (Å²) in [6.07, 6.45) is 0. The van der Waals surface area contributed by atoms with E-state index in [0.717, 1.165) is 4.47 Å². The first-order valence-corrected chi connectivity index (χ1v) is 8.41. The summed E-state index contributed by atoms with van der Waals surface area (Å²) in [6, 6.07) is 9.86. The normalized spacial score (nSPS) is 11.0. The van der Waals surface area contributed by atoms with Crippen LogP contribution in [0.3, 0.4) is 0 Å². The molecule has 0 N–H and O–H groups in total. The number of ether oxygens (including phenoxy) is 1. The first-order valence-electron chi connectivity index (χ1n) is 6.86. The summed E-state index contributed by atoms with van der Waals surface area (Å²) in [6.45, 7) is 0.375. The molecule has 0 aliphatic rings. The van der Waals surface area contributed by atoms with Gasteiger partial charge in [-0.2, -0.15) is 0 Å². The Hall–Kier alpha value is -1.76. The van der Waals surface area contributed by atoms with Gasteiger partial charge < -0.3 is 9.15 Å². The Morgan fingerprint density at radius 2 is 1.79 bits per heavy atom. The van der Waals surface area contributed by atoms with Gasteiger partial charge in [-0.15, -0.1) is 0 Å². The minimum atomic E-state index is -0.734. The van der Waals surface area contributed by atoms with Gasteiger partial charge in [0.1, 0.15) is 12.4 Å². The fraction of sp³-hybridized carbons (Fsp3) is 0.125. The van der Waals surface area contributed by atoms with Gasteiger partial charge in [0.25, 0.3) is 0 Å². The Balaban J connectivity index is 1.88. The van der Waals surface area contributed by atoms with Crippen molar-refractivity contribution in [3.63, 3.8) is 0 Å². The molecule has 124 valence electrons. The highest BCUT2D eigenvalue weighted by molar-refractivity contribution is 9.10. The Morgan fingerprint density at radius 1 is 1.08 bits per heavy atom. The van der Waals surface area contributed by atoms with Gasteiger partial charge in [-0.3, -0.25) is 4.57 Å². The molecule has 3 rings (SSSR count). The van der Waals surface area contributed by atoms with Crippen LogP contribution in [0.2, 0.25) is 10.0 Å². The standard InChI is InChI=1S/C16H10BrCl2NO4/c17-9-1-2-14-13(5-9)15(21)24-16(22)20(14)3-4-23-12-7-10(18)6-11(19)8-12/h1-2,5-8H,3-4H2. The highest BCUT2D eigenvalue weighted by Gasteiger charge is 2.10. The van der Waals surface area contributed by atoms with Crippen LogP contribution in [-0.2, 0) is 6.54 Å². The molecular formula is C16H10BrCl2NO4. The minimum Gasteiger partial charge on any atom is -0.492 e. The summed E-state index contributed by atoms with van der Waals surface area (Å²) in [7, 11) is 0. The van der Waals surface area contributed by atoms with Gasteiger partial charge >= 0.3 is 11.4 Å². The van der Waals surface area contributed by atoms with Crippen molar-refractivity contribution in [3.05, 3.63) is 71.9 Å². The van der Waals surface area contributed by atoms with E-state index in [4.69, 9.17) is 32.4 Å². The summed E-state index contributed by atoms with van der Waals surface area (Å²) in [5.41, 5.74) is -0.192. The Morgan fingerprint density at radius 3 is 2.50 bits per heavy atom. The van der Waals surface area contributed by atoms with Crippen molar-refractivity contribution >= 4 is 50.0 Å². The molecule has 0 atom stereocenters. The van der Waals surface area contributed by atoms with E-state index in [1.165, 1.54) is 4.57 Å². The number of halogens is 3. The predicted molar refractivity (Wildman–Crippen MR) is 96.4 cm³/mol. The topological polar surface area (TPSA) is 61.4 Å². The first kappa shape index (κ1) is 17.1. The van der Waals surface area contributed by atoms with E-state index in [2.05, 4.69) is 15.9 Å². The zero-order chi connectivity index (χ0) is 17.3. The molecule has 0 saturated carbocycles. The molecular weight excluding hydrogens is 421 g/mol. The molecule has 24 heavy (non-hydrogen) atoms. The van der Waals surface area contributed by atoms with Crippen LogP contribution in [0.4, 0.5) is 0 Å². The van der Waals surface area contributed by atoms with E-state index in [0.29, 0.717) is 26.7 Å². The molecule has 0 amide bonds. The fourth-order valence-corrected chi connectivity index (χ4v) is 3.14. The molecule has 0 radical (unpaired) electrons. The predicted octanol–water partition coefficient (Wildman–Crippen LogP) is 4.10. The molecule has 0 bridgehead atoms. The van der Waals surface area contributed by atoms with Crippen molar-refractivity contribution < 1.29 is 9.15 Å². The van der Waals surface area contributed by atoms with Crippen LogP contribution in [0.25, 0.3) is 10.9 Å². The largest absolute Gasteiger partial charge is 0.492 e. The quantitative estimate of drug-likeness (QED) is 0.625. The fourth-order valence-electron chi connectivity index (χ4n) is 2.27. The summed E-state index contributed by atoms with van der Waals surface area (Å²) in [5, 5.41) is 1.22. The zero-order valence-corrected chi connectivity index (χ0v) is 15.2. The van der Waals surface area contributed by atoms with Crippen LogP contribution >= 0.6 is 39.1 Å². The van der Waals surface area contributed by atoms with E-state index in [1.54, 1.807) is 36.4 Å². The molecule has 0 aliphatic heterocycles. The van der Waals surface area contributed by atoms with E-state index in [-0.39, 0.29) is 13.2 Å². The third-order valence-electron chi connectivity index (χ3n) is 3.29. The van der Waals surface area contributed by atoms with Gasteiger partial charge in [-0.05, 0) is 36.4 Å². The maximum absolute atomic E-state index is 12.0. The van der Waals surface area contributed by atoms with E-state index >= 15 is 0 Å². The van der Waals surface area contributed by atoms with Crippen LogP contribution in [-0.4, -0.2) is 11.2 Å². The lowest BCUT2D eigenvalue weighted by Crippen LogP contribution is -2.27. The number of nitrogens with zero attached hydrogens (tertiary/aromatic N) is 1. The molecule has 2 aromatic carbocycles. The molecule has 0 saturated heterocycles. The molecule has 8 heteroatoms. The van der Waals surface area contributed by atoms with E-state index < -0.39 is 11.4 Å². The second kappa shape index (κ2) is 7.01. The van der Waals surface area contributed by atoms with Gasteiger partial charge in [0.2, 0.25) is 0 Å². The monoisotopic (exact) mass is 429 g/mol. The van der Waals surface area contributed by atoms with Gasteiger partial charge in [0, 0.05) is 14.5 Å². The molecule has 1 aromatic heterocycles. The Labute approximate surface area is 154 Å². The van der Waals surface area contributed by atoms with Crippen molar-refractivity contribution in [2.24, 2.45) is 0 Å².